The molecular weight excluding hydrogens is 372 g/mol. The van der Waals surface area contributed by atoms with E-state index in [1.165, 1.54) is 38.5 Å². The topological polar surface area (TPSA) is 58.2 Å². The fourth-order valence-corrected chi connectivity index (χ4v) is 4.16. The summed E-state index contributed by atoms with van der Waals surface area (Å²) in [5.74, 6) is 0.254. The van der Waals surface area contributed by atoms with E-state index in [-0.39, 0.29) is 29.3 Å². The molecule has 4 nitrogen and oxygen atoms in total. The van der Waals surface area contributed by atoms with Gasteiger partial charge >= 0.3 is 29.6 Å². The summed E-state index contributed by atoms with van der Waals surface area (Å²) in [4.78, 5) is 23.8. The molecule has 0 aliphatic heterocycles. The van der Waals surface area contributed by atoms with E-state index in [4.69, 9.17) is 0 Å². The number of amides is 2. The minimum atomic E-state index is 0.127. The number of carbonyl (C=O) groups is 2. The third-order valence-electron chi connectivity index (χ3n) is 5.42. The first-order valence-electron chi connectivity index (χ1n) is 11.1. The molecule has 27 heavy (non-hydrogen) atoms. The number of hydrogen-bond acceptors (Lipinski definition) is 2. The van der Waals surface area contributed by atoms with Gasteiger partial charge in [-0.05, 0) is 37.5 Å². The van der Waals surface area contributed by atoms with Gasteiger partial charge in [0.25, 0.3) is 0 Å². The van der Waals surface area contributed by atoms with E-state index >= 15 is 0 Å². The van der Waals surface area contributed by atoms with Gasteiger partial charge in [0.1, 0.15) is 0 Å². The molecule has 1 aliphatic carbocycles. The second-order valence-electron chi connectivity index (χ2n) is 8.09. The van der Waals surface area contributed by atoms with Crippen LogP contribution in [0.1, 0.15) is 98.3 Å². The molecule has 1 rings (SSSR count). The number of unbranched alkanes of at least 4 members (excludes halogenated alkanes) is 2. The van der Waals surface area contributed by atoms with Crippen molar-refractivity contribution in [1.82, 2.24) is 10.6 Å². The number of nitrogens with one attached hydrogen (secondary N) is 2. The summed E-state index contributed by atoms with van der Waals surface area (Å²) in [7, 11) is 0. The summed E-state index contributed by atoms with van der Waals surface area (Å²) in [5.41, 5.74) is 0.266. The van der Waals surface area contributed by atoms with E-state index in [1.54, 1.807) is 0 Å². The average Bonchev–Trinajstić information content (AvgIpc) is 2.65. The zero-order valence-electron chi connectivity index (χ0n) is 18.7. The van der Waals surface area contributed by atoms with Crippen molar-refractivity contribution in [2.45, 2.75) is 121 Å². The van der Waals surface area contributed by atoms with Crippen LogP contribution >= 0.6 is 0 Å². The van der Waals surface area contributed by atoms with Crippen molar-refractivity contribution in [2.75, 3.05) is 0 Å². The second kappa shape index (κ2) is 15.6. The molecule has 1 saturated carbocycles. The van der Waals surface area contributed by atoms with Crippen LogP contribution in [0.15, 0.2) is 0 Å². The van der Waals surface area contributed by atoms with Crippen molar-refractivity contribution >= 4 is 11.8 Å². The Hall–Kier alpha value is -0.346. The summed E-state index contributed by atoms with van der Waals surface area (Å²) in [6, 6.07) is 0.393. The van der Waals surface area contributed by atoms with Crippen molar-refractivity contribution in [3.63, 3.8) is 0 Å². The van der Waals surface area contributed by atoms with Gasteiger partial charge in [-0.3, -0.25) is 9.59 Å². The molecule has 1 aliphatic rings. The van der Waals surface area contributed by atoms with E-state index in [0.717, 1.165) is 19.3 Å². The summed E-state index contributed by atoms with van der Waals surface area (Å²) >= 11 is 0.500. The Bertz CT molecular complexity index is 379. The van der Waals surface area contributed by atoms with Crippen LogP contribution in [0.3, 0.4) is 0 Å². The molecule has 0 spiro atoms. The molecule has 0 aromatic carbocycles. The first kappa shape index (κ1) is 26.7. The van der Waals surface area contributed by atoms with E-state index in [2.05, 4.69) is 34.9 Å². The molecule has 158 valence electrons. The Balaban J connectivity index is 0.00000210. The zero-order valence-corrected chi connectivity index (χ0v) is 20.3. The molecule has 0 bridgehead atoms. The van der Waals surface area contributed by atoms with Crippen LogP contribution in [0, 0.1) is 5.41 Å². The van der Waals surface area contributed by atoms with Gasteiger partial charge < -0.3 is 10.6 Å². The molecule has 0 radical (unpaired) electrons. The molecule has 0 aromatic rings. The van der Waals surface area contributed by atoms with Gasteiger partial charge in [0, 0.05) is 24.9 Å². The van der Waals surface area contributed by atoms with Crippen LogP contribution in [0.4, 0.5) is 0 Å². The van der Waals surface area contributed by atoms with Gasteiger partial charge in [0.2, 0.25) is 11.8 Å². The fourth-order valence-electron chi connectivity index (χ4n) is 4.16. The van der Waals surface area contributed by atoms with Gasteiger partial charge in [-0.25, -0.2) is 0 Å². The normalized spacial score (nSPS) is 20.8. The van der Waals surface area contributed by atoms with Crippen molar-refractivity contribution in [3.8, 4) is 0 Å². The number of rotatable bonds is 10. The molecular formula is C22H44N2O2Ti. The molecule has 0 saturated heterocycles. The first-order chi connectivity index (χ1) is 12.9. The Morgan fingerprint density at radius 1 is 0.852 bits per heavy atom. The SMILES string of the molecule is CCCCC1(CCCC)CC(NC(=O)CC)CC(NC(=O)CC)C1.[CH3][Ti][CH3]. The van der Waals surface area contributed by atoms with E-state index in [0.29, 0.717) is 32.0 Å². The maximum atomic E-state index is 11.9. The van der Waals surface area contributed by atoms with Crippen molar-refractivity contribution in [2.24, 2.45) is 5.41 Å². The van der Waals surface area contributed by atoms with Crippen LogP contribution in [-0.2, 0) is 28.7 Å². The Kier molecular flexibility index (Phi) is 15.4. The summed E-state index contributed by atoms with van der Waals surface area (Å²) in [6.45, 7) is 8.28. The van der Waals surface area contributed by atoms with Crippen LogP contribution in [-0.4, -0.2) is 23.9 Å². The molecule has 2 unspecified atom stereocenters. The van der Waals surface area contributed by atoms with Gasteiger partial charge in [-0.15, -0.1) is 0 Å². The molecule has 5 heteroatoms. The van der Waals surface area contributed by atoms with Gasteiger partial charge in [0.05, 0.1) is 0 Å². The van der Waals surface area contributed by atoms with E-state index in [1.807, 2.05) is 13.8 Å². The third-order valence-corrected chi connectivity index (χ3v) is 5.42. The monoisotopic (exact) mass is 416 g/mol. The second-order valence-corrected chi connectivity index (χ2v) is 9.65. The van der Waals surface area contributed by atoms with E-state index < -0.39 is 0 Å². The third kappa shape index (κ3) is 11.3. The standard InChI is InChI=1S/C20H38N2O2.2CH3.Ti/c1-5-9-11-20(12-10-6-2)14-16(21-18(23)7-3)13-17(15-20)22-19(24)8-4;;;/h16-17H,5-15H2,1-4H3,(H,21,23)(H,22,24);2*1H3;. The predicted molar refractivity (Wildman–Crippen MR) is 112 cm³/mol. The van der Waals surface area contributed by atoms with Gasteiger partial charge in [-0.2, -0.15) is 0 Å². The van der Waals surface area contributed by atoms with Crippen LogP contribution < -0.4 is 10.6 Å². The van der Waals surface area contributed by atoms with Crippen molar-refractivity contribution < 1.29 is 28.7 Å². The van der Waals surface area contributed by atoms with E-state index in [9.17, 15) is 9.59 Å². The molecule has 2 N–H and O–H groups in total. The quantitative estimate of drug-likeness (QED) is 0.463. The molecule has 1 fully saturated rings. The van der Waals surface area contributed by atoms with Gasteiger partial charge in [-0.1, -0.05) is 53.4 Å². The van der Waals surface area contributed by atoms with Crippen LogP contribution in [0.25, 0.3) is 0 Å². The zero-order chi connectivity index (χ0) is 20.7. The maximum absolute atomic E-state index is 11.9. The molecule has 2 amide bonds. The Labute approximate surface area is 177 Å². The molecule has 0 heterocycles. The first-order valence-corrected chi connectivity index (χ1v) is 14.2. The molecule has 2 atom stereocenters. The van der Waals surface area contributed by atoms with Crippen molar-refractivity contribution in [3.05, 3.63) is 0 Å². The number of hydrogen-bond donors (Lipinski definition) is 2. The number of carbonyl (C=O) groups excluding carboxylic acids is 2. The summed E-state index contributed by atoms with van der Waals surface area (Å²) in [6.07, 6.45) is 11.3. The minimum absolute atomic E-state index is 0.127. The predicted octanol–water partition coefficient (Wildman–Crippen LogP) is 5.49. The van der Waals surface area contributed by atoms with Gasteiger partial charge in [0.15, 0.2) is 0 Å². The average molecular weight is 416 g/mol. The Morgan fingerprint density at radius 3 is 1.52 bits per heavy atom. The Morgan fingerprint density at radius 2 is 1.22 bits per heavy atom. The van der Waals surface area contributed by atoms with Crippen LogP contribution in [0.5, 0.6) is 0 Å². The van der Waals surface area contributed by atoms with Crippen molar-refractivity contribution in [1.29, 1.82) is 0 Å². The molecule has 0 aromatic heterocycles. The fraction of sp³-hybridized carbons (Fsp3) is 0.909. The summed E-state index contributed by atoms with van der Waals surface area (Å²) < 4.78 is 0. The summed E-state index contributed by atoms with van der Waals surface area (Å²) in [5, 5.41) is 10.9. The van der Waals surface area contributed by atoms with Crippen LogP contribution in [0.2, 0.25) is 10.5 Å².